The summed E-state index contributed by atoms with van der Waals surface area (Å²) in [4.78, 5) is 31.9. The number of rotatable bonds is 8. The second-order valence-electron chi connectivity index (χ2n) is 13.1. The number of piperazine rings is 1. The first-order valence-corrected chi connectivity index (χ1v) is 16.7. The van der Waals surface area contributed by atoms with E-state index in [1.54, 1.807) is 4.90 Å². The van der Waals surface area contributed by atoms with E-state index in [9.17, 15) is 14.4 Å². The molecule has 0 aliphatic carbocycles. The first-order chi connectivity index (χ1) is 22.5. The molecule has 1 aromatic heterocycles. The molecule has 0 bridgehead atoms. The van der Waals surface area contributed by atoms with E-state index in [2.05, 4.69) is 64.1 Å². The van der Waals surface area contributed by atoms with Crippen LogP contribution in [-0.4, -0.2) is 89.8 Å². The average Bonchev–Trinajstić information content (AvgIpc) is 3.66. The summed E-state index contributed by atoms with van der Waals surface area (Å²) in [7, 11) is 0. The molecule has 4 aliphatic rings. The fourth-order valence-electron chi connectivity index (χ4n) is 8.21. The molecule has 1 atom stereocenters. The van der Waals surface area contributed by atoms with E-state index >= 15 is 0 Å². The highest BCUT2D eigenvalue weighted by Crippen LogP contribution is 2.40. The van der Waals surface area contributed by atoms with Crippen molar-refractivity contribution in [3.8, 4) is 12.1 Å². The zero-order valence-corrected chi connectivity index (χ0v) is 26.6. The molecule has 10 heteroatoms. The van der Waals surface area contributed by atoms with E-state index < -0.39 is 6.67 Å². The Bertz CT molecular complexity index is 1670. The zero-order chi connectivity index (χ0) is 31.7. The van der Waals surface area contributed by atoms with Gasteiger partial charge in [-0.3, -0.25) is 9.69 Å². The zero-order valence-electron chi connectivity index (χ0n) is 26.6. The van der Waals surface area contributed by atoms with Gasteiger partial charge in [0.05, 0.1) is 36.3 Å². The lowest BCUT2D eigenvalue weighted by atomic mass is 9.95. The third kappa shape index (κ3) is 5.66. The monoisotopic (exact) mass is 623 g/mol. The van der Waals surface area contributed by atoms with Gasteiger partial charge in [0.15, 0.2) is 0 Å². The molecule has 3 saturated heterocycles. The van der Waals surface area contributed by atoms with Crippen molar-refractivity contribution in [1.29, 1.82) is 5.26 Å². The summed E-state index contributed by atoms with van der Waals surface area (Å²) < 4.78 is 19.3. The second-order valence-corrected chi connectivity index (χ2v) is 13.1. The molecule has 3 aromatic rings. The fourth-order valence-corrected chi connectivity index (χ4v) is 8.21. The van der Waals surface area contributed by atoms with Crippen molar-refractivity contribution < 1.29 is 13.9 Å². The predicted molar refractivity (Wildman–Crippen MR) is 177 cm³/mol. The number of aromatic nitrogens is 2. The maximum atomic E-state index is 12.9. The summed E-state index contributed by atoms with van der Waals surface area (Å²) in [6.07, 6.45) is 8.13. The van der Waals surface area contributed by atoms with Gasteiger partial charge in [0, 0.05) is 48.9 Å². The van der Waals surface area contributed by atoms with E-state index in [4.69, 9.17) is 14.7 Å². The van der Waals surface area contributed by atoms with Gasteiger partial charge in [-0.25, -0.2) is 4.39 Å². The van der Waals surface area contributed by atoms with Gasteiger partial charge < -0.3 is 19.4 Å². The molecule has 0 unspecified atom stereocenters. The Morgan fingerprint density at radius 1 is 1.09 bits per heavy atom. The highest BCUT2D eigenvalue weighted by molar-refractivity contribution is 5.97. The minimum Gasteiger partial charge on any atom is -0.461 e. The van der Waals surface area contributed by atoms with Gasteiger partial charge >= 0.3 is 6.01 Å². The van der Waals surface area contributed by atoms with Gasteiger partial charge in [0.1, 0.15) is 19.1 Å². The number of nitrogens with zero attached hydrogens (tertiary/aromatic N) is 7. The van der Waals surface area contributed by atoms with Gasteiger partial charge in [-0.05, 0) is 75.2 Å². The number of carbonyl (C=O) groups is 1. The number of carbonyl (C=O) groups excluding carboxylic acids is 1. The van der Waals surface area contributed by atoms with Crippen LogP contribution in [0.15, 0.2) is 48.6 Å². The first-order valence-electron chi connectivity index (χ1n) is 16.7. The molecule has 0 radical (unpaired) electrons. The number of hydrogen-bond donors (Lipinski definition) is 0. The van der Waals surface area contributed by atoms with Crippen molar-refractivity contribution >= 4 is 28.2 Å². The van der Waals surface area contributed by atoms with E-state index in [0.717, 1.165) is 56.0 Å². The fraction of sp³-hybridized carbons (Fsp3) is 0.500. The lowest BCUT2D eigenvalue weighted by Crippen LogP contribution is -2.55. The van der Waals surface area contributed by atoms with E-state index in [0.29, 0.717) is 38.8 Å². The van der Waals surface area contributed by atoms with Gasteiger partial charge in [-0.1, -0.05) is 30.3 Å². The SMILES string of the molecule is Cc1cccc2cccc(N3CCc4c(nc(OCC56CCCN5CCC6)nc4N4CCN(C(=O)/C=C/CF)[C@@H](CC#N)C4)C3)c12. The van der Waals surface area contributed by atoms with E-state index in [-0.39, 0.29) is 23.9 Å². The Kier molecular flexibility index (Phi) is 8.52. The molecule has 9 nitrogen and oxygen atoms in total. The van der Waals surface area contributed by atoms with Crippen LogP contribution in [0, 0.1) is 18.3 Å². The summed E-state index contributed by atoms with van der Waals surface area (Å²) in [5.41, 5.74) is 4.60. The Labute approximate surface area is 270 Å². The number of amides is 1. The minimum atomic E-state index is -0.696. The molecular formula is C36H42FN7O2. The third-order valence-corrected chi connectivity index (χ3v) is 10.5. The molecule has 240 valence electrons. The maximum Gasteiger partial charge on any atom is 0.318 e. The number of hydrogen-bond acceptors (Lipinski definition) is 8. The Balaban J connectivity index is 1.22. The van der Waals surface area contributed by atoms with Crippen molar-refractivity contribution in [2.45, 2.75) is 63.6 Å². The number of alkyl halides is 1. The molecule has 0 N–H and O–H groups in total. The second kappa shape index (κ2) is 12.9. The van der Waals surface area contributed by atoms with Crippen molar-refractivity contribution in [3.63, 3.8) is 0 Å². The normalized spacial score (nSPS) is 21.1. The summed E-state index contributed by atoms with van der Waals surface area (Å²) in [5, 5.41) is 12.1. The lowest BCUT2D eigenvalue weighted by Gasteiger charge is -2.42. The highest BCUT2D eigenvalue weighted by atomic mass is 19.1. The average molecular weight is 624 g/mol. The highest BCUT2D eigenvalue weighted by Gasteiger charge is 2.45. The molecule has 4 aliphatic heterocycles. The molecule has 46 heavy (non-hydrogen) atoms. The number of nitriles is 1. The van der Waals surface area contributed by atoms with Crippen LogP contribution in [0.2, 0.25) is 0 Å². The molecule has 3 fully saturated rings. The van der Waals surface area contributed by atoms with Gasteiger partial charge in [-0.2, -0.15) is 15.2 Å². The maximum absolute atomic E-state index is 12.9. The number of fused-ring (bicyclic) bond motifs is 3. The standard InChI is InChI=1S/C36H42FN7O2/c1-26-7-2-8-27-9-3-10-31(33(26)27)41-20-13-29-30(24-41)39-35(46-25-36-14-5-18-43(36)19-6-15-36)40-34(29)42-21-22-44(28(23-42)12-17-38)32(45)11-4-16-37/h2-4,7-11,28H,5-6,12-16,18-25H2,1H3/b11-4+/t28-/m0/s1. The number of benzene rings is 2. The summed E-state index contributed by atoms with van der Waals surface area (Å²) >= 11 is 0. The van der Waals surface area contributed by atoms with Crippen LogP contribution in [0.25, 0.3) is 10.8 Å². The third-order valence-electron chi connectivity index (χ3n) is 10.5. The van der Waals surface area contributed by atoms with Crippen LogP contribution in [0.5, 0.6) is 6.01 Å². The van der Waals surface area contributed by atoms with Crippen molar-refractivity contribution in [3.05, 3.63) is 65.4 Å². The molecule has 2 aromatic carbocycles. The summed E-state index contributed by atoms with van der Waals surface area (Å²) in [5.74, 6) is 0.583. The summed E-state index contributed by atoms with van der Waals surface area (Å²) in [6, 6.07) is 15.3. The van der Waals surface area contributed by atoms with E-state index in [1.165, 1.54) is 47.0 Å². The van der Waals surface area contributed by atoms with E-state index in [1.807, 2.05) is 0 Å². The van der Waals surface area contributed by atoms with Crippen LogP contribution in [0.4, 0.5) is 15.9 Å². The number of ether oxygens (including phenoxy) is 1. The number of halogens is 1. The van der Waals surface area contributed by atoms with Gasteiger partial charge in [0.25, 0.3) is 0 Å². The minimum absolute atomic E-state index is 0.0724. The Morgan fingerprint density at radius 3 is 2.67 bits per heavy atom. The molecule has 5 heterocycles. The van der Waals surface area contributed by atoms with Gasteiger partial charge in [0.2, 0.25) is 5.91 Å². The quantitative estimate of drug-likeness (QED) is 0.326. The van der Waals surface area contributed by atoms with Crippen molar-refractivity contribution in [2.24, 2.45) is 0 Å². The van der Waals surface area contributed by atoms with Crippen LogP contribution >= 0.6 is 0 Å². The predicted octanol–water partition coefficient (Wildman–Crippen LogP) is 4.96. The molecular weight excluding hydrogens is 581 g/mol. The molecule has 0 saturated carbocycles. The molecule has 1 amide bonds. The first kappa shape index (κ1) is 30.4. The van der Waals surface area contributed by atoms with Crippen molar-refractivity contribution in [1.82, 2.24) is 19.8 Å². The molecule has 7 rings (SSSR count). The number of allylic oxidation sites excluding steroid dienone is 1. The van der Waals surface area contributed by atoms with Crippen LogP contribution in [-0.2, 0) is 17.8 Å². The van der Waals surface area contributed by atoms with Crippen LogP contribution in [0.1, 0.15) is 48.9 Å². The largest absolute Gasteiger partial charge is 0.461 e. The molecule has 0 spiro atoms. The Hall–Kier alpha value is -4.23. The van der Waals surface area contributed by atoms with Crippen LogP contribution < -0.4 is 14.5 Å². The van der Waals surface area contributed by atoms with Gasteiger partial charge in [-0.15, -0.1) is 0 Å². The number of aryl methyl sites for hydroxylation is 1. The number of anilines is 2. The smallest absolute Gasteiger partial charge is 0.318 e. The van der Waals surface area contributed by atoms with Crippen LogP contribution in [0.3, 0.4) is 0 Å². The topological polar surface area (TPSA) is 88.8 Å². The Morgan fingerprint density at radius 2 is 1.89 bits per heavy atom. The van der Waals surface area contributed by atoms with Crippen molar-refractivity contribution in [2.75, 3.05) is 62.3 Å². The summed E-state index contributed by atoms with van der Waals surface area (Å²) in [6.45, 7) is 7.22. The lowest BCUT2D eigenvalue weighted by molar-refractivity contribution is -0.128.